The Morgan fingerprint density at radius 3 is 1.27 bits per heavy atom. The highest BCUT2D eigenvalue weighted by Crippen LogP contribution is 2.23. The van der Waals surface area contributed by atoms with Crippen LogP contribution < -0.4 is 22.5 Å². The van der Waals surface area contributed by atoms with Gasteiger partial charge in [0.2, 0.25) is 30.0 Å². The van der Waals surface area contributed by atoms with Gasteiger partial charge in [-0.3, -0.25) is 27.9 Å². The van der Waals surface area contributed by atoms with Crippen LogP contribution in [0.1, 0.15) is 65.0 Å². The Bertz CT molecular complexity index is 2850. The van der Waals surface area contributed by atoms with E-state index in [0.717, 1.165) is 26.7 Å². The second kappa shape index (κ2) is 19.7. The molecule has 0 spiro atoms. The lowest BCUT2D eigenvalue weighted by atomic mass is 10.2. The summed E-state index contributed by atoms with van der Waals surface area (Å²) in [5.74, 6) is -0.545. The van der Waals surface area contributed by atoms with E-state index in [1.54, 1.807) is 76.2 Å². The van der Waals surface area contributed by atoms with Gasteiger partial charge in [0, 0.05) is 43.8 Å². The van der Waals surface area contributed by atoms with Crippen LogP contribution in [0.2, 0.25) is 10.0 Å². The van der Waals surface area contributed by atoms with Gasteiger partial charge in [0.15, 0.2) is 22.3 Å². The molecule has 0 atom stereocenters. The lowest BCUT2D eigenvalue weighted by Crippen LogP contribution is -2.40. The lowest BCUT2D eigenvalue weighted by Gasteiger charge is -2.12. The zero-order chi connectivity index (χ0) is 45.8. The Labute approximate surface area is 368 Å². The quantitative estimate of drug-likeness (QED) is 0.145. The standard InChI is InChI=1S/C21H27ClN4O4S.C20H25ClN4O5S/c1-5-6-11-25-19(27)17-18(24(4)21(25)28)23-20(31(29,30)13-14(2)3)26(17)12-15-7-9-16(22)10-8-15;1-13(2)12-31(29,30)19-22-17-16(25(19)11-14-5-7-15(21)8-6-14)18(27)24(9-4-10-26)20(28)23(17)3/h7-10,14H,5-6,11-13H2,1-4H3;5-8,13,26H,4,9-12H2,1-3H3. The third-order valence-electron chi connectivity index (χ3n) is 9.84. The van der Waals surface area contributed by atoms with E-state index in [0.29, 0.717) is 16.5 Å². The van der Waals surface area contributed by atoms with Gasteiger partial charge in [-0.05, 0) is 60.1 Å². The molecule has 4 heterocycles. The van der Waals surface area contributed by atoms with Crippen LogP contribution in [0.4, 0.5) is 0 Å². The molecule has 6 aromatic rings. The molecule has 6 rings (SSSR count). The maximum atomic E-state index is 13.3. The molecule has 0 amide bonds. The summed E-state index contributed by atoms with van der Waals surface area (Å²) >= 11 is 11.9. The predicted octanol–water partition coefficient (Wildman–Crippen LogP) is 4.24. The average molecular weight is 936 g/mol. The average Bonchev–Trinajstić information content (AvgIpc) is 3.78. The summed E-state index contributed by atoms with van der Waals surface area (Å²) in [6.07, 6.45) is 1.68. The van der Waals surface area contributed by atoms with Crippen LogP contribution in [0.5, 0.6) is 0 Å². The number of hydrogen-bond donors (Lipinski definition) is 1. The van der Waals surface area contributed by atoms with Crippen molar-refractivity contribution in [2.24, 2.45) is 25.9 Å². The van der Waals surface area contributed by atoms with Crippen molar-refractivity contribution in [1.82, 2.24) is 37.4 Å². The van der Waals surface area contributed by atoms with Gasteiger partial charge in [-0.2, -0.15) is 9.97 Å². The number of aliphatic hydroxyl groups excluding tert-OH is 1. The molecule has 0 saturated carbocycles. The summed E-state index contributed by atoms with van der Waals surface area (Å²) in [6, 6.07) is 13.8. The minimum Gasteiger partial charge on any atom is -0.396 e. The Hall–Kier alpha value is -4.82. The molecule has 17 nitrogen and oxygen atoms in total. The van der Waals surface area contributed by atoms with Gasteiger partial charge in [0.25, 0.3) is 11.1 Å². The fourth-order valence-corrected chi connectivity index (χ4v) is 10.7. The second-order valence-corrected chi connectivity index (χ2v) is 20.7. The van der Waals surface area contributed by atoms with E-state index in [9.17, 15) is 36.0 Å². The van der Waals surface area contributed by atoms with E-state index < -0.39 is 42.2 Å². The monoisotopic (exact) mass is 934 g/mol. The number of aryl methyl sites for hydroxylation is 2. The van der Waals surface area contributed by atoms with E-state index in [-0.39, 0.29) is 95.2 Å². The summed E-state index contributed by atoms with van der Waals surface area (Å²) in [6.45, 7) is 9.39. The summed E-state index contributed by atoms with van der Waals surface area (Å²) in [5, 5.41) is 9.75. The maximum absolute atomic E-state index is 13.3. The number of sulfone groups is 2. The number of imidazole rings is 2. The molecule has 2 aromatic carbocycles. The van der Waals surface area contributed by atoms with Crippen molar-refractivity contribution in [3.05, 3.63) is 111 Å². The molecule has 0 bridgehead atoms. The maximum Gasteiger partial charge on any atom is 0.332 e. The zero-order valence-electron chi connectivity index (χ0n) is 35.7. The van der Waals surface area contributed by atoms with Crippen molar-refractivity contribution in [2.45, 2.75) is 90.4 Å². The van der Waals surface area contributed by atoms with Crippen LogP contribution in [0.15, 0.2) is 78.0 Å². The van der Waals surface area contributed by atoms with Crippen molar-refractivity contribution in [3.8, 4) is 0 Å². The fourth-order valence-electron chi connectivity index (χ4n) is 6.98. The molecule has 0 aliphatic carbocycles. The van der Waals surface area contributed by atoms with Crippen LogP contribution in [-0.4, -0.2) is 77.4 Å². The van der Waals surface area contributed by atoms with Gasteiger partial charge in [-0.15, -0.1) is 0 Å². The van der Waals surface area contributed by atoms with Gasteiger partial charge in [0.05, 0.1) is 24.6 Å². The number of rotatable bonds is 16. The number of fused-ring (bicyclic) bond motifs is 2. The first-order valence-corrected chi connectivity index (χ1v) is 24.1. The van der Waals surface area contributed by atoms with Crippen molar-refractivity contribution in [2.75, 3.05) is 18.1 Å². The number of hydrogen-bond acceptors (Lipinski definition) is 11. The summed E-state index contributed by atoms with van der Waals surface area (Å²) in [4.78, 5) is 60.5. The Morgan fingerprint density at radius 2 is 0.952 bits per heavy atom. The summed E-state index contributed by atoms with van der Waals surface area (Å²) < 4.78 is 59.8. The highest BCUT2D eigenvalue weighted by molar-refractivity contribution is 7.91. The molecular formula is C41H52Cl2N8O9S2. The van der Waals surface area contributed by atoms with Gasteiger partial charge >= 0.3 is 11.4 Å². The minimum absolute atomic E-state index is 0.00606. The van der Waals surface area contributed by atoms with Crippen LogP contribution in [0.25, 0.3) is 22.3 Å². The first kappa shape index (κ1) is 48.2. The van der Waals surface area contributed by atoms with Gasteiger partial charge < -0.3 is 14.2 Å². The third-order valence-corrected chi connectivity index (χ3v) is 14.3. The molecule has 0 radical (unpaired) electrons. The topological polar surface area (TPSA) is 212 Å². The Morgan fingerprint density at radius 1 is 0.597 bits per heavy atom. The molecule has 1 N–H and O–H groups in total. The molecular weight excluding hydrogens is 884 g/mol. The van der Waals surface area contributed by atoms with Gasteiger partial charge in [-0.25, -0.2) is 26.4 Å². The highest BCUT2D eigenvalue weighted by Gasteiger charge is 2.30. The van der Waals surface area contributed by atoms with Crippen LogP contribution in [0.3, 0.4) is 0 Å². The van der Waals surface area contributed by atoms with E-state index >= 15 is 0 Å². The molecule has 336 valence electrons. The smallest absolute Gasteiger partial charge is 0.332 e. The zero-order valence-corrected chi connectivity index (χ0v) is 38.9. The van der Waals surface area contributed by atoms with Crippen molar-refractivity contribution in [1.29, 1.82) is 0 Å². The van der Waals surface area contributed by atoms with E-state index in [2.05, 4.69) is 9.97 Å². The van der Waals surface area contributed by atoms with E-state index in [1.165, 1.54) is 32.4 Å². The second-order valence-electron chi connectivity index (χ2n) is 15.9. The van der Waals surface area contributed by atoms with Crippen molar-refractivity contribution in [3.63, 3.8) is 0 Å². The van der Waals surface area contributed by atoms with Crippen LogP contribution in [-0.2, 0) is 59.9 Å². The molecule has 0 aliphatic heterocycles. The molecule has 0 fully saturated rings. The number of aliphatic hydroxyl groups is 1. The largest absolute Gasteiger partial charge is 0.396 e. The summed E-state index contributed by atoms with van der Waals surface area (Å²) in [5.41, 5.74) is -0.598. The molecule has 0 unspecified atom stereocenters. The first-order valence-electron chi connectivity index (χ1n) is 20.1. The fraction of sp³-hybridized carbons (Fsp3) is 0.463. The minimum atomic E-state index is -3.83. The lowest BCUT2D eigenvalue weighted by molar-refractivity contribution is 0.277. The Balaban J connectivity index is 0.000000234. The highest BCUT2D eigenvalue weighted by atomic mass is 35.5. The molecule has 0 saturated heterocycles. The molecule has 62 heavy (non-hydrogen) atoms. The SMILES string of the molecule is CC(C)CS(=O)(=O)c1nc2c(c(=O)n(CCCO)c(=O)n2C)n1Cc1ccc(Cl)cc1.CCCCn1c(=O)c2c(nc(S(=O)(=O)CC(C)C)n2Cc2ccc(Cl)cc2)n(C)c1=O. The van der Waals surface area contributed by atoms with Crippen LogP contribution in [0, 0.1) is 11.8 Å². The third kappa shape index (κ3) is 10.3. The van der Waals surface area contributed by atoms with E-state index in [1.807, 2.05) is 6.92 Å². The summed E-state index contributed by atoms with van der Waals surface area (Å²) in [7, 11) is -4.68. The number of unbranched alkanes of at least 4 members (excludes halogenated alkanes) is 1. The molecule has 4 aromatic heterocycles. The number of nitrogens with zero attached hydrogens (tertiary/aromatic N) is 8. The van der Waals surface area contributed by atoms with Crippen molar-refractivity contribution < 1.29 is 21.9 Å². The van der Waals surface area contributed by atoms with E-state index in [4.69, 9.17) is 28.3 Å². The first-order chi connectivity index (χ1) is 29.1. The van der Waals surface area contributed by atoms with Crippen LogP contribution >= 0.6 is 23.2 Å². The predicted molar refractivity (Wildman–Crippen MR) is 240 cm³/mol. The molecule has 21 heteroatoms. The van der Waals surface area contributed by atoms with Crippen molar-refractivity contribution >= 4 is 65.2 Å². The number of aromatic nitrogens is 8. The number of benzene rings is 2. The normalized spacial score (nSPS) is 12.2. The number of halogens is 2. The molecule has 0 aliphatic rings. The Kier molecular flexibility index (Phi) is 15.3. The van der Waals surface area contributed by atoms with Gasteiger partial charge in [0.1, 0.15) is 0 Å². The van der Waals surface area contributed by atoms with Gasteiger partial charge in [-0.1, -0.05) is 88.5 Å².